The van der Waals surface area contributed by atoms with Gasteiger partial charge < -0.3 is 10.5 Å². The Kier molecular flexibility index (Phi) is 4.16. The van der Waals surface area contributed by atoms with Crippen LogP contribution in [0.3, 0.4) is 0 Å². The molecule has 0 saturated carbocycles. The lowest BCUT2D eigenvalue weighted by Gasteiger charge is -2.12. The second-order valence-corrected chi connectivity index (χ2v) is 5.24. The summed E-state index contributed by atoms with van der Waals surface area (Å²) in [5.74, 6) is 0.538. The Hall–Kier alpha value is -2.95. The molecule has 0 aliphatic heterocycles. The van der Waals surface area contributed by atoms with Crippen molar-refractivity contribution in [1.29, 1.82) is 0 Å². The van der Waals surface area contributed by atoms with Gasteiger partial charge in [0.15, 0.2) is 0 Å². The molecule has 0 aliphatic carbocycles. The molecule has 0 aromatic heterocycles. The molecule has 0 aliphatic rings. The van der Waals surface area contributed by atoms with E-state index >= 15 is 0 Å². The van der Waals surface area contributed by atoms with Gasteiger partial charge in [-0.05, 0) is 41.5 Å². The van der Waals surface area contributed by atoms with Crippen molar-refractivity contribution in [3.05, 3.63) is 78.4 Å². The van der Waals surface area contributed by atoms with Crippen molar-refractivity contribution in [3.8, 4) is 22.6 Å². The van der Waals surface area contributed by atoms with Crippen LogP contribution in [0.25, 0.3) is 11.1 Å². The molecular formula is C19H14F3NO. The zero-order chi connectivity index (χ0) is 17.2. The zero-order valence-electron chi connectivity index (χ0n) is 12.5. The SMILES string of the molecule is Nc1ccc(Oc2ccc(-c3ccccc3)cc2)cc1C(F)(F)F. The van der Waals surface area contributed by atoms with Crippen LogP contribution in [0.15, 0.2) is 72.8 Å². The third-order valence-electron chi connectivity index (χ3n) is 3.53. The average molecular weight is 329 g/mol. The van der Waals surface area contributed by atoms with Crippen molar-refractivity contribution in [2.24, 2.45) is 0 Å². The van der Waals surface area contributed by atoms with Crippen molar-refractivity contribution < 1.29 is 17.9 Å². The topological polar surface area (TPSA) is 35.2 Å². The van der Waals surface area contributed by atoms with E-state index < -0.39 is 11.7 Å². The molecule has 2 N–H and O–H groups in total. The maximum Gasteiger partial charge on any atom is 0.418 e. The number of nitrogens with two attached hydrogens (primary N) is 1. The van der Waals surface area contributed by atoms with Crippen LogP contribution >= 0.6 is 0 Å². The Morgan fingerprint density at radius 1 is 0.708 bits per heavy atom. The van der Waals surface area contributed by atoms with Gasteiger partial charge in [-0.1, -0.05) is 42.5 Å². The number of hydrogen-bond donors (Lipinski definition) is 1. The minimum absolute atomic E-state index is 0.0870. The molecule has 0 unspecified atom stereocenters. The molecule has 3 rings (SSSR count). The molecular weight excluding hydrogens is 315 g/mol. The van der Waals surface area contributed by atoms with Crippen LogP contribution in [0.4, 0.5) is 18.9 Å². The number of rotatable bonds is 3. The first-order chi connectivity index (χ1) is 11.4. The highest BCUT2D eigenvalue weighted by Gasteiger charge is 2.33. The molecule has 0 fully saturated rings. The number of benzene rings is 3. The average Bonchev–Trinajstić information content (AvgIpc) is 2.57. The fraction of sp³-hybridized carbons (Fsp3) is 0.0526. The van der Waals surface area contributed by atoms with E-state index in [1.54, 1.807) is 12.1 Å². The van der Waals surface area contributed by atoms with Gasteiger partial charge in [-0.2, -0.15) is 13.2 Å². The molecule has 0 heterocycles. The molecule has 3 aromatic rings. The van der Waals surface area contributed by atoms with Crippen LogP contribution in [-0.4, -0.2) is 0 Å². The van der Waals surface area contributed by atoms with E-state index in [0.29, 0.717) is 5.75 Å². The number of anilines is 1. The van der Waals surface area contributed by atoms with Crippen LogP contribution in [-0.2, 0) is 6.18 Å². The van der Waals surface area contributed by atoms with Crippen molar-refractivity contribution in [3.63, 3.8) is 0 Å². The molecule has 0 saturated heterocycles. The summed E-state index contributed by atoms with van der Waals surface area (Å²) in [4.78, 5) is 0. The molecule has 5 heteroatoms. The van der Waals surface area contributed by atoms with Crippen molar-refractivity contribution in [2.45, 2.75) is 6.18 Å². The predicted octanol–water partition coefficient (Wildman–Crippen LogP) is 5.75. The highest BCUT2D eigenvalue weighted by molar-refractivity contribution is 5.64. The molecule has 0 radical (unpaired) electrons. The number of alkyl halides is 3. The maximum absolute atomic E-state index is 12.9. The van der Waals surface area contributed by atoms with Gasteiger partial charge in [-0.25, -0.2) is 0 Å². The molecule has 24 heavy (non-hydrogen) atoms. The lowest BCUT2D eigenvalue weighted by atomic mass is 10.1. The third kappa shape index (κ3) is 3.51. The summed E-state index contributed by atoms with van der Waals surface area (Å²) in [6.07, 6.45) is -4.51. The quantitative estimate of drug-likeness (QED) is 0.621. The second-order valence-electron chi connectivity index (χ2n) is 5.24. The summed E-state index contributed by atoms with van der Waals surface area (Å²) in [7, 11) is 0. The Morgan fingerprint density at radius 2 is 1.29 bits per heavy atom. The smallest absolute Gasteiger partial charge is 0.418 e. The van der Waals surface area contributed by atoms with Crippen molar-refractivity contribution in [1.82, 2.24) is 0 Å². The molecule has 3 aromatic carbocycles. The number of nitrogen functional groups attached to an aromatic ring is 1. The van der Waals surface area contributed by atoms with Crippen molar-refractivity contribution >= 4 is 5.69 Å². The minimum atomic E-state index is -4.51. The van der Waals surface area contributed by atoms with Crippen LogP contribution in [0.1, 0.15) is 5.56 Å². The largest absolute Gasteiger partial charge is 0.457 e. The highest BCUT2D eigenvalue weighted by Crippen LogP contribution is 2.36. The Bertz CT molecular complexity index is 827. The van der Waals surface area contributed by atoms with Gasteiger partial charge in [0.2, 0.25) is 0 Å². The summed E-state index contributed by atoms with van der Waals surface area (Å²) in [6.45, 7) is 0. The van der Waals surface area contributed by atoms with Gasteiger partial charge in [-0.15, -0.1) is 0 Å². The predicted molar refractivity (Wildman–Crippen MR) is 87.8 cm³/mol. The van der Waals surface area contributed by atoms with Gasteiger partial charge in [0.05, 0.1) is 5.56 Å². The summed E-state index contributed by atoms with van der Waals surface area (Å²) in [6, 6.07) is 20.4. The number of ether oxygens (including phenoxy) is 1. The summed E-state index contributed by atoms with van der Waals surface area (Å²) in [5.41, 5.74) is 6.20. The summed E-state index contributed by atoms with van der Waals surface area (Å²) >= 11 is 0. The van der Waals surface area contributed by atoms with Gasteiger partial charge in [0.25, 0.3) is 0 Å². The molecule has 0 spiro atoms. The summed E-state index contributed by atoms with van der Waals surface area (Å²) in [5, 5.41) is 0. The first-order valence-electron chi connectivity index (χ1n) is 7.23. The van der Waals surface area contributed by atoms with E-state index in [1.807, 2.05) is 42.5 Å². The van der Waals surface area contributed by atoms with E-state index in [2.05, 4.69) is 0 Å². The van der Waals surface area contributed by atoms with Gasteiger partial charge in [0.1, 0.15) is 11.5 Å². The second kappa shape index (κ2) is 6.28. The van der Waals surface area contributed by atoms with Gasteiger partial charge in [-0.3, -0.25) is 0 Å². The van der Waals surface area contributed by atoms with Crippen LogP contribution in [0.5, 0.6) is 11.5 Å². The number of halogens is 3. The van der Waals surface area contributed by atoms with Crippen LogP contribution in [0.2, 0.25) is 0 Å². The molecule has 122 valence electrons. The fourth-order valence-electron chi connectivity index (χ4n) is 2.33. The molecule has 0 atom stereocenters. The van der Waals surface area contributed by atoms with E-state index in [0.717, 1.165) is 17.2 Å². The van der Waals surface area contributed by atoms with Crippen LogP contribution in [0, 0.1) is 0 Å². The van der Waals surface area contributed by atoms with Gasteiger partial charge >= 0.3 is 6.18 Å². The number of hydrogen-bond acceptors (Lipinski definition) is 2. The highest BCUT2D eigenvalue weighted by atomic mass is 19.4. The Balaban J connectivity index is 1.82. The first kappa shape index (κ1) is 15.9. The van der Waals surface area contributed by atoms with Crippen LogP contribution < -0.4 is 10.5 Å². The van der Waals surface area contributed by atoms with E-state index in [9.17, 15) is 13.2 Å². The normalized spacial score (nSPS) is 11.3. The standard InChI is InChI=1S/C19H14F3NO/c20-19(21,22)17-12-16(10-11-18(17)23)24-15-8-6-14(7-9-15)13-4-2-1-3-5-13/h1-12H,23H2. The maximum atomic E-state index is 12.9. The lowest BCUT2D eigenvalue weighted by Crippen LogP contribution is -2.08. The lowest BCUT2D eigenvalue weighted by molar-refractivity contribution is -0.137. The molecule has 0 bridgehead atoms. The van der Waals surface area contributed by atoms with E-state index in [1.165, 1.54) is 12.1 Å². The zero-order valence-corrected chi connectivity index (χ0v) is 12.5. The monoisotopic (exact) mass is 329 g/mol. The summed E-state index contributed by atoms with van der Waals surface area (Å²) < 4.78 is 44.1. The van der Waals surface area contributed by atoms with Gasteiger partial charge in [0, 0.05) is 5.69 Å². The Labute approximate surface area is 137 Å². The molecule has 0 amide bonds. The van der Waals surface area contributed by atoms with E-state index in [-0.39, 0.29) is 11.4 Å². The Morgan fingerprint density at radius 3 is 1.92 bits per heavy atom. The fourth-order valence-corrected chi connectivity index (χ4v) is 2.33. The minimum Gasteiger partial charge on any atom is -0.457 e. The van der Waals surface area contributed by atoms with Crippen molar-refractivity contribution in [2.75, 3.05) is 5.73 Å². The first-order valence-corrected chi connectivity index (χ1v) is 7.23. The molecule has 2 nitrogen and oxygen atoms in total. The van der Waals surface area contributed by atoms with E-state index in [4.69, 9.17) is 10.5 Å². The third-order valence-corrected chi connectivity index (χ3v) is 3.53.